The Morgan fingerprint density at radius 3 is 2.64 bits per heavy atom. The van der Waals surface area contributed by atoms with Crippen molar-refractivity contribution in [3.05, 3.63) is 0 Å². The summed E-state index contributed by atoms with van der Waals surface area (Å²) in [6.07, 6.45) is -0.543. The van der Waals surface area contributed by atoms with Gasteiger partial charge in [0.1, 0.15) is 0 Å². The van der Waals surface area contributed by atoms with Crippen molar-refractivity contribution in [2.75, 3.05) is 0 Å². The predicted octanol–water partition coefficient (Wildman–Crippen LogP) is 0.918. The van der Waals surface area contributed by atoms with E-state index in [9.17, 15) is 4.79 Å². The number of oxime groups is 1. The number of hydrogen-bond donors (Lipinski definition) is 0. The second-order valence-electron chi connectivity index (χ2n) is 2.80. The van der Waals surface area contributed by atoms with Crippen LogP contribution in [0, 0.1) is 5.92 Å². The van der Waals surface area contributed by atoms with Crippen LogP contribution in [0.1, 0.15) is 20.8 Å². The lowest BCUT2D eigenvalue weighted by Gasteiger charge is -2.20. The van der Waals surface area contributed by atoms with Gasteiger partial charge in [-0.2, -0.15) is 0 Å². The van der Waals surface area contributed by atoms with Crippen molar-refractivity contribution in [3.8, 4) is 0 Å². The molecule has 0 aromatic rings. The number of ether oxygens (including phenoxy) is 1. The Morgan fingerprint density at radius 2 is 2.18 bits per heavy atom. The van der Waals surface area contributed by atoms with Gasteiger partial charge < -0.3 is 9.57 Å². The van der Waals surface area contributed by atoms with Gasteiger partial charge in [0.15, 0.2) is 0 Å². The molecule has 0 bridgehead atoms. The number of carbonyl (C=O) groups is 1. The van der Waals surface area contributed by atoms with Crippen molar-refractivity contribution in [2.24, 2.45) is 11.1 Å². The molecule has 1 aliphatic rings. The summed E-state index contributed by atoms with van der Waals surface area (Å²) < 4.78 is 4.75. The molecular weight excluding hydrogens is 146 g/mol. The van der Waals surface area contributed by atoms with Crippen molar-refractivity contribution in [2.45, 2.75) is 26.9 Å². The molecule has 4 nitrogen and oxygen atoms in total. The molecule has 62 valence electrons. The first kappa shape index (κ1) is 8.04. The van der Waals surface area contributed by atoms with Crippen LogP contribution in [0.4, 0.5) is 0 Å². The van der Waals surface area contributed by atoms with Gasteiger partial charge in [-0.3, -0.25) is 0 Å². The van der Waals surface area contributed by atoms with Gasteiger partial charge in [0.2, 0.25) is 12.0 Å². The monoisotopic (exact) mass is 157 g/mol. The highest BCUT2D eigenvalue weighted by molar-refractivity contribution is 5.90. The second kappa shape index (κ2) is 2.90. The van der Waals surface area contributed by atoms with Gasteiger partial charge in [-0.15, -0.1) is 0 Å². The van der Waals surface area contributed by atoms with Crippen LogP contribution in [0.25, 0.3) is 0 Å². The Balaban J connectivity index is 2.66. The number of esters is 1. The van der Waals surface area contributed by atoms with Crippen molar-refractivity contribution < 1.29 is 14.4 Å². The third-order valence-corrected chi connectivity index (χ3v) is 1.38. The SMILES string of the molecule is CC1=NOC(C(C)C)C(=O)O1. The van der Waals surface area contributed by atoms with Crippen LogP contribution in [0.15, 0.2) is 5.16 Å². The quantitative estimate of drug-likeness (QED) is 0.532. The third-order valence-electron chi connectivity index (χ3n) is 1.38. The lowest BCUT2D eigenvalue weighted by molar-refractivity contribution is -0.156. The molecule has 0 aromatic heterocycles. The first-order valence-electron chi connectivity index (χ1n) is 3.53. The molecular formula is C7H11NO3. The molecule has 1 heterocycles. The largest absolute Gasteiger partial charge is 0.406 e. The highest BCUT2D eigenvalue weighted by atomic mass is 16.7. The Morgan fingerprint density at radius 1 is 1.55 bits per heavy atom. The minimum absolute atomic E-state index is 0.0966. The summed E-state index contributed by atoms with van der Waals surface area (Å²) in [5.41, 5.74) is 0. The predicted molar refractivity (Wildman–Crippen MR) is 38.9 cm³/mol. The average Bonchev–Trinajstić information content (AvgIpc) is 1.85. The Bertz CT molecular complexity index is 198. The summed E-state index contributed by atoms with van der Waals surface area (Å²) in [5, 5.41) is 3.56. The van der Waals surface area contributed by atoms with Crippen molar-refractivity contribution in [1.82, 2.24) is 0 Å². The smallest absolute Gasteiger partial charge is 0.357 e. The topological polar surface area (TPSA) is 47.9 Å². The third kappa shape index (κ3) is 1.69. The zero-order valence-electron chi connectivity index (χ0n) is 6.83. The molecule has 0 fully saturated rings. The minimum atomic E-state index is -0.543. The molecule has 4 heteroatoms. The lowest BCUT2D eigenvalue weighted by Crippen LogP contribution is -2.35. The summed E-state index contributed by atoms with van der Waals surface area (Å²) in [4.78, 5) is 15.9. The Hall–Kier alpha value is -1.06. The van der Waals surface area contributed by atoms with E-state index in [-0.39, 0.29) is 17.8 Å². The molecule has 0 saturated carbocycles. The minimum Gasteiger partial charge on any atom is -0.406 e. The second-order valence-corrected chi connectivity index (χ2v) is 2.80. The maximum absolute atomic E-state index is 11.0. The number of rotatable bonds is 1. The Kier molecular flexibility index (Phi) is 2.12. The van der Waals surface area contributed by atoms with Gasteiger partial charge in [0.05, 0.1) is 0 Å². The molecule has 0 aliphatic carbocycles. The molecule has 0 N–H and O–H groups in total. The maximum Gasteiger partial charge on any atom is 0.357 e. The number of nitrogens with zero attached hydrogens (tertiary/aromatic N) is 1. The van der Waals surface area contributed by atoms with Gasteiger partial charge in [-0.1, -0.05) is 19.0 Å². The van der Waals surface area contributed by atoms with Crippen LogP contribution >= 0.6 is 0 Å². The van der Waals surface area contributed by atoms with Gasteiger partial charge in [-0.05, 0) is 0 Å². The molecule has 0 amide bonds. The van der Waals surface area contributed by atoms with Crippen LogP contribution in [-0.2, 0) is 14.4 Å². The van der Waals surface area contributed by atoms with Gasteiger partial charge in [0.25, 0.3) is 0 Å². The fourth-order valence-corrected chi connectivity index (χ4v) is 0.790. The van der Waals surface area contributed by atoms with Gasteiger partial charge in [0, 0.05) is 12.8 Å². The van der Waals surface area contributed by atoms with E-state index in [2.05, 4.69) is 5.16 Å². The standard InChI is InChI=1S/C7H11NO3/c1-4(2)6-7(9)10-5(3)8-11-6/h4,6H,1-3H3. The number of cyclic esters (lactones) is 1. The molecule has 0 radical (unpaired) electrons. The van der Waals surface area contributed by atoms with E-state index < -0.39 is 6.10 Å². The highest BCUT2D eigenvalue weighted by Gasteiger charge is 2.29. The molecule has 1 unspecified atom stereocenters. The van der Waals surface area contributed by atoms with Crippen molar-refractivity contribution in [1.29, 1.82) is 0 Å². The first-order chi connectivity index (χ1) is 5.11. The van der Waals surface area contributed by atoms with Crippen LogP contribution in [0.5, 0.6) is 0 Å². The van der Waals surface area contributed by atoms with Crippen LogP contribution in [0.3, 0.4) is 0 Å². The van der Waals surface area contributed by atoms with E-state index >= 15 is 0 Å². The van der Waals surface area contributed by atoms with E-state index in [1.165, 1.54) is 0 Å². The van der Waals surface area contributed by atoms with Crippen LogP contribution in [-0.4, -0.2) is 18.0 Å². The maximum atomic E-state index is 11.0. The van der Waals surface area contributed by atoms with Gasteiger partial charge in [-0.25, -0.2) is 4.79 Å². The zero-order chi connectivity index (χ0) is 8.43. The lowest BCUT2D eigenvalue weighted by atomic mass is 10.1. The molecule has 1 atom stereocenters. The molecule has 1 aliphatic heterocycles. The van der Waals surface area contributed by atoms with Crippen LogP contribution < -0.4 is 0 Å². The summed E-state index contributed by atoms with van der Waals surface area (Å²) in [5.74, 6) is 0.0127. The molecule has 1 rings (SSSR count). The first-order valence-corrected chi connectivity index (χ1v) is 3.53. The molecule has 0 aromatic carbocycles. The number of carbonyl (C=O) groups excluding carboxylic acids is 1. The number of hydrogen-bond acceptors (Lipinski definition) is 4. The molecule has 0 spiro atoms. The van der Waals surface area contributed by atoms with Crippen molar-refractivity contribution >= 4 is 11.9 Å². The van der Waals surface area contributed by atoms with E-state index in [0.717, 1.165) is 0 Å². The zero-order valence-corrected chi connectivity index (χ0v) is 6.83. The summed E-state index contributed by atoms with van der Waals surface area (Å²) in [6.45, 7) is 5.33. The van der Waals surface area contributed by atoms with E-state index in [1.54, 1.807) is 6.92 Å². The average molecular weight is 157 g/mol. The van der Waals surface area contributed by atoms with E-state index in [1.807, 2.05) is 13.8 Å². The van der Waals surface area contributed by atoms with Crippen molar-refractivity contribution in [3.63, 3.8) is 0 Å². The van der Waals surface area contributed by atoms with Gasteiger partial charge >= 0.3 is 5.97 Å². The van der Waals surface area contributed by atoms with Crippen LogP contribution in [0.2, 0.25) is 0 Å². The summed E-state index contributed by atoms with van der Waals surface area (Å²) in [6, 6.07) is 0. The fraction of sp³-hybridized carbons (Fsp3) is 0.714. The molecule has 0 saturated heterocycles. The van der Waals surface area contributed by atoms with E-state index in [4.69, 9.17) is 9.57 Å². The Labute approximate surface area is 65.2 Å². The normalized spacial score (nSPS) is 24.2. The fourth-order valence-electron chi connectivity index (χ4n) is 0.790. The highest BCUT2D eigenvalue weighted by Crippen LogP contribution is 2.13. The van der Waals surface area contributed by atoms with E-state index in [0.29, 0.717) is 0 Å². The summed E-state index contributed by atoms with van der Waals surface area (Å²) >= 11 is 0. The summed E-state index contributed by atoms with van der Waals surface area (Å²) in [7, 11) is 0. The molecule has 11 heavy (non-hydrogen) atoms.